The molecule has 0 atom stereocenters. The lowest BCUT2D eigenvalue weighted by atomic mass is 10.1. The fourth-order valence-electron chi connectivity index (χ4n) is 2.06. The molecule has 0 saturated carbocycles. The molecule has 0 aliphatic rings. The van der Waals surface area contributed by atoms with Crippen LogP contribution in [0, 0.1) is 0 Å². The van der Waals surface area contributed by atoms with E-state index in [9.17, 15) is 14.4 Å². The zero-order chi connectivity index (χ0) is 18.6. The molecule has 0 aliphatic carbocycles. The van der Waals surface area contributed by atoms with Gasteiger partial charge in [-0.15, -0.1) is 0 Å². The molecule has 0 fully saturated rings. The van der Waals surface area contributed by atoms with E-state index in [1.165, 1.54) is 56.8 Å². The van der Waals surface area contributed by atoms with Crippen LogP contribution in [-0.2, 0) is 14.4 Å². The Morgan fingerprint density at radius 3 is 1.62 bits per heavy atom. The molecular weight excluding hydrogens is 312 g/mol. The van der Waals surface area contributed by atoms with Gasteiger partial charge in [0.2, 0.25) is 11.8 Å². The lowest BCUT2D eigenvalue weighted by Crippen LogP contribution is -2.21. The SMILES string of the molecule is CCCCCCCCCCCCC(=O)O.NC(=O)CCC(=O)NO. The molecule has 7 nitrogen and oxygen atoms in total. The largest absolute Gasteiger partial charge is 0.481 e. The van der Waals surface area contributed by atoms with Crippen LogP contribution in [0.4, 0.5) is 0 Å². The Morgan fingerprint density at radius 1 is 0.792 bits per heavy atom. The topological polar surface area (TPSA) is 130 Å². The number of carboxylic acid groups (broad SMARTS) is 1. The van der Waals surface area contributed by atoms with Gasteiger partial charge in [0.05, 0.1) is 0 Å². The van der Waals surface area contributed by atoms with Crippen molar-refractivity contribution in [2.75, 3.05) is 0 Å². The highest BCUT2D eigenvalue weighted by molar-refractivity contribution is 5.82. The van der Waals surface area contributed by atoms with Crippen LogP contribution >= 0.6 is 0 Å². The van der Waals surface area contributed by atoms with Gasteiger partial charge in [-0.05, 0) is 6.42 Å². The van der Waals surface area contributed by atoms with E-state index in [0.717, 1.165) is 12.8 Å². The van der Waals surface area contributed by atoms with Gasteiger partial charge in [-0.1, -0.05) is 64.7 Å². The Bertz CT molecular complexity index is 335. The van der Waals surface area contributed by atoms with Crippen molar-refractivity contribution in [1.29, 1.82) is 0 Å². The number of aliphatic carboxylic acids is 1. The Balaban J connectivity index is 0. The van der Waals surface area contributed by atoms with Crippen molar-refractivity contribution in [2.24, 2.45) is 5.73 Å². The Morgan fingerprint density at radius 2 is 1.25 bits per heavy atom. The number of hydrogen-bond donors (Lipinski definition) is 4. The van der Waals surface area contributed by atoms with Crippen molar-refractivity contribution in [1.82, 2.24) is 5.48 Å². The second-order valence-corrected chi connectivity index (χ2v) is 5.83. The quantitative estimate of drug-likeness (QED) is 0.218. The number of nitrogens with one attached hydrogen (secondary N) is 1. The molecule has 0 aromatic carbocycles. The predicted octanol–water partition coefficient (Wildman–Crippen LogP) is 3.14. The van der Waals surface area contributed by atoms with Gasteiger partial charge in [0.1, 0.15) is 0 Å². The van der Waals surface area contributed by atoms with E-state index in [1.54, 1.807) is 0 Å². The van der Waals surface area contributed by atoms with Gasteiger partial charge >= 0.3 is 5.97 Å². The van der Waals surface area contributed by atoms with Crippen LogP contribution in [-0.4, -0.2) is 28.1 Å². The predicted molar refractivity (Wildman–Crippen MR) is 92.5 cm³/mol. The summed E-state index contributed by atoms with van der Waals surface area (Å²) in [4.78, 5) is 30.4. The fraction of sp³-hybridized carbons (Fsp3) is 0.824. The first-order valence-corrected chi connectivity index (χ1v) is 8.87. The first-order valence-electron chi connectivity index (χ1n) is 8.87. The molecule has 0 unspecified atom stereocenters. The second-order valence-electron chi connectivity index (χ2n) is 5.83. The van der Waals surface area contributed by atoms with Crippen LogP contribution in [0.2, 0.25) is 0 Å². The van der Waals surface area contributed by atoms with Crippen LogP contribution in [0.3, 0.4) is 0 Å². The van der Waals surface area contributed by atoms with Crippen LogP contribution in [0.15, 0.2) is 0 Å². The second kappa shape index (κ2) is 19.4. The number of rotatable bonds is 14. The van der Waals surface area contributed by atoms with Crippen LogP contribution in [0.25, 0.3) is 0 Å². The van der Waals surface area contributed by atoms with Gasteiger partial charge in [-0.2, -0.15) is 0 Å². The maximum atomic E-state index is 10.2. The van der Waals surface area contributed by atoms with Crippen molar-refractivity contribution in [3.63, 3.8) is 0 Å². The van der Waals surface area contributed by atoms with Gasteiger partial charge in [0, 0.05) is 19.3 Å². The zero-order valence-electron chi connectivity index (χ0n) is 14.9. The third-order valence-electron chi connectivity index (χ3n) is 3.47. The fourth-order valence-corrected chi connectivity index (χ4v) is 2.06. The number of unbranched alkanes of at least 4 members (excludes halogenated alkanes) is 9. The number of hydrogen-bond acceptors (Lipinski definition) is 4. The van der Waals surface area contributed by atoms with E-state index in [1.807, 2.05) is 0 Å². The average Bonchev–Trinajstić information content (AvgIpc) is 2.54. The highest BCUT2D eigenvalue weighted by Crippen LogP contribution is 2.11. The molecule has 0 saturated heterocycles. The Kier molecular flexibility index (Phi) is 19.9. The summed E-state index contributed by atoms with van der Waals surface area (Å²) in [5.74, 6) is -1.82. The van der Waals surface area contributed by atoms with E-state index in [4.69, 9.17) is 16.0 Å². The summed E-state index contributed by atoms with van der Waals surface area (Å²) in [6.07, 6.45) is 12.8. The smallest absolute Gasteiger partial charge is 0.303 e. The standard InChI is InChI=1S/C13H26O2.C4H8N2O3/c1-2-3-4-5-6-7-8-9-10-11-12-13(14)15;5-3(7)1-2-4(8)6-9/h2-12H2,1H3,(H,14,15);9H,1-2H2,(H2,5,7)(H,6,8). The monoisotopic (exact) mass is 346 g/mol. The van der Waals surface area contributed by atoms with Gasteiger partial charge in [-0.3, -0.25) is 19.6 Å². The molecule has 0 aliphatic heterocycles. The molecule has 7 heteroatoms. The number of carbonyl (C=O) groups excluding carboxylic acids is 2. The molecule has 0 heterocycles. The summed E-state index contributed by atoms with van der Waals surface area (Å²) in [6.45, 7) is 2.24. The maximum Gasteiger partial charge on any atom is 0.303 e. The summed E-state index contributed by atoms with van der Waals surface area (Å²) in [5.41, 5.74) is 6.07. The molecule has 142 valence electrons. The molecule has 0 radical (unpaired) electrons. The minimum absolute atomic E-state index is 0.0353. The number of carbonyl (C=O) groups is 3. The van der Waals surface area contributed by atoms with Gasteiger partial charge in [0.15, 0.2) is 0 Å². The van der Waals surface area contributed by atoms with Gasteiger partial charge in [0.25, 0.3) is 0 Å². The third-order valence-corrected chi connectivity index (χ3v) is 3.47. The number of carboxylic acids is 1. The van der Waals surface area contributed by atoms with Gasteiger partial charge in [-0.25, -0.2) is 5.48 Å². The molecule has 0 aromatic heterocycles. The van der Waals surface area contributed by atoms with Crippen molar-refractivity contribution in [3.05, 3.63) is 0 Å². The average molecular weight is 346 g/mol. The third kappa shape index (κ3) is 25.3. The molecule has 2 amide bonds. The molecule has 0 spiro atoms. The summed E-state index contributed by atoms with van der Waals surface area (Å²) < 4.78 is 0. The van der Waals surface area contributed by atoms with Crippen LogP contribution < -0.4 is 11.2 Å². The van der Waals surface area contributed by atoms with E-state index < -0.39 is 17.8 Å². The first kappa shape index (κ1) is 24.6. The molecule has 0 rings (SSSR count). The summed E-state index contributed by atoms with van der Waals surface area (Å²) >= 11 is 0. The summed E-state index contributed by atoms with van der Waals surface area (Å²) in [6, 6.07) is 0. The molecular formula is C17H34N2O5. The van der Waals surface area contributed by atoms with E-state index in [2.05, 4.69) is 6.92 Å². The zero-order valence-corrected chi connectivity index (χ0v) is 14.9. The van der Waals surface area contributed by atoms with Crippen molar-refractivity contribution in [2.45, 2.75) is 90.4 Å². The number of primary amides is 1. The van der Waals surface area contributed by atoms with E-state index in [-0.39, 0.29) is 12.8 Å². The number of hydroxylamine groups is 1. The molecule has 24 heavy (non-hydrogen) atoms. The van der Waals surface area contributed by atoms with Crippen molar-refractivity contribution >= 4 is 17.8 Å². The molecule has 5 N–H and O–H groups in total. The highest BCUT2D eigenvalue weighted by atomic mass is 16.5. The minimum atomic E-state index is -0.658. The van der Waals surface area contributed by atoms with Crippen LogP contribution in [0.5, 0.6) is 0 Å². The van der Waals surface area contributed by atoms with Crippen LogP contribution in [0.1, 0.15) is 90.4 Å². The maximum absolute atomic E-state index is 10.2. The minimum Gasteiger partial charge on any atom is -0.481 e. The van der Waals surface area contributed by atoms with Crippen molar-refractivity contribution in [3.8, 4) is 0 Å². The summed E-state index contributed by atoms with van der Waals surface area (Å²) in [5, 5.41) is 16.3. The lowest BCUT2D eigenvalue weighted by Gasteiger charge is -2.01. The van der Waals surface area contributed by atoms with Crippen molar-refractivity contribution < 1.29 is 24.7 Å². The lowest BCUT2D eigenvalue weighted by molar-refractivity contribution is -0.137. The molecule has 0 aromatic rings. The Labute approximate surface area is 145 Å². The highest BCUT2D eigenvalue weighted by Gasteiger charge is 2.00. The first-order chi connectivity index (χ1) is 11.4. The molecule has 0 bridgehead atoms. The number of nitrogens with two attached hydrogens (primary N) is 1. The number of amides is 2. The van der Waals surface area contributed by atoms with E-state index in [0.29, 0.717) is 6.42 Å². The van der Waals surface area contributed by atoms with Gasteiger partial charge < -0.3 is 10.8 Å². The summed E-state index contributed by atoms with van der Waals surface area (Å²) in [7, 11) is 0. The van der Waals surface area contributed by atoms with E-state index >= 15 is 0 Å². The Hall–Kier alpha value is -1.63. The normalized spacial score (nSPS) is 9.75.